The molecule has 1 aromatic carbocycles. The Hall–Kier alpha value is -2.67. The summed E-state index contributed by atoms with van der Waals surface area (Å²) >= 11 is 0. The molecule has 3 aliphatic rings. The topological polar surface area (TPSA) is 84.9 Å². The molecule has 7 heteroatoms. The van der Waals surface area contributed by atoms with Crippen LogP contribution in [0.1, 0.15) is 66.1 Å². The highest BCUT2D eigenvalue weighted by Crippen LogP contribution is 2.27. The molecule has 30 heavy (non-hydrogen) atoms. The summed E-state index contributed by atoms with van der Waals surface area (Å²) in [7, 11) is 0. The molecular weight excluding hydrogens is 384 g/mol. The van der Waals surface area contributed by atoms with E-state index in [9.17, 15) is 14.4 Å². The van der Waals surface area contributed by atoms with E-state index in [1.54, 1.807) is 11.8 Å². The molecule has 1 N–H and O–H groups in total. The largest absolute Gasteiger partial charge is 0.457 e. The summed E-state index contributed by atoms with van der Waals surface area (Å²) in [5.41, 5.74) is 5.18. The summed E-state index contributed by atoms with van der Waals surface area (Å²) in [6.45, 7) is 5.64. The van der Waals surface area contributed by atoms with Crippen molar-refractivity contribution in [1.82, 2.24) is 10.2 Å². The van der Waals surface area contributed by atoms with Crippen LogP contribution in [0.25, 0.3) is 0 Å². The van der Waals surface area contributed by atoms with Crippen molar-refractivity contribution in [1.29, 1.82) is 0 Å². The van der Waals surface area contributed by atoms with Gasteiger partial charge in [0.15, 0.2) is 0 Å². The quantitative estimate of drug-likeness (QED) is 0.766. The molecular formula is C23H28N2O5. The molecule has 0 aliphatic carbocycles. The van der Waals surface area contributed by atoms with Crippen LogP contribution in [0.3, 0.4) is 0 Å². The first-order valence-electron chi connectivity index (χ1n) is 10.6. The van der Waals surface area contributed by atoms with E-state index in [2.05, 4.69) is 5.32 Å². The predicted octanol–water partition coefficient (Wildman–Crippen LogP) is 2.75. The van der Waals surface area contributed by atoms with E-state index in [0.717, 1.165) is 48.1 Å². The smallest absolute Gasteiger partial charge is 0.338 e. The van der Waals surface area contributed by atoms with Crippen LogP contribution in [0.4, 0.5) is 0 Å². The molecule has 1 amide bonds. The van der Waals surface area contributed by atoms with Gasteiger partial charge in [-0.3, -0.25) is 4.79 Å². The SMILES string of the molecule is CC1=C(N2CCCCC(NCc3ccc4c(c3C)COC4=O)CCC2=O)COC1=O. The second kappa shape index (κ2) is 8.60. The Labute approximate surface area is 176 Å². The Bertz CT molecular complexity index is 920. The number of nitrogens with zero attached hydrogens (tertiary/aromatic N) is 1. The molecule has 0 saturated carbocycles. The van der Waals surface area contributed by atoms with Gasteiger partial charge in [0.25, 0.3) is 0 Å². The molecule has 1 saturated heterocycles. The molecule has 0 bridgehead atoms. The predicted molar refractivity (Wildman–Crippen MR) is 109 cm³/mol. The van der Waals surface area contributed by atoms with Gasteiger partial charge in [0, 0.05) is 31.1 Å². The average molecular weight is 412 g/mol. The number of benzene rings is 1. The number of hydrogen-bond donors (Lipinski definition) is 1. The molecule has 0 radical (unpaired) electrons. The molecule has 1 fully saturated rings. The van der Waals surface area contributed by atoms with E-state index in [-0.39, 0.29) is 30.5 Å². The first kappa shape index (κ1) is 20.6. The van der Waals surface area contributed by atoms with E-state index in [1.165, 1.54) is 0 Å². The lowest BCUT2D eigenvalue weighted by Crippen LogP contribution is -2.33. The number of fused-ring (bicyclic) bond motifs is 1. The van der Waals surface area contributed by atoms with Gasteiger partial charge >= 0.3 is 11.9 Å². The van der Waals surface area contributed by atoms with Crippen LogP contribution in [0, 0.1) is 6.92 Å². The fraction of sp³-hybridized carbons (Fsp3) is 0.522. The number of amides is 1. The lowest BCUT2D eigenvalue weighted by Gasteiger charge is -2.23. The van der Waals surface area contributed by atoms with Crippen molar-refractivity contribution in [2.45, 2.75) is 65.1 Å². The summed E-state index contributed by atoms with van der Waals surface area (Å²) in [6.07, 6.45) is 4.09. The lowest BCUT2D eigenvalue weighted by atomic mass is 9.98. The van der Waals surface area contributed by atoms with Crippen LogP contribution in [-0.4, -0.2) is 41.9 Å². The minimum absolute atomic E-state index is 0.0562. The van der Waals surface area contributed by atoms with Gasteiger partial charge in [0.05, 0.1) is 16.8 Å². The molecule has 0 spiro atoms. The van der Waals surface area contributed by atoms with Crippen LogP contribution in [0.5, 0.6) is 0 Å². The average Bonchev–Trinajstić information content (AvgIpc) is 3.29. The number of cyclic esters (lactones) is 2. The summed E-state index contributed by atoms with van der Waals surface area (Å²) in [4.78, 5) is 38.0. The van der Waals surface area contributed by atoms with Gasteiger partial charge in [0.2, 0.25) is 5.91 Å². The third kappa shape index (κ3) is 3.99. The van der Waals surface area contributed by atoms with Gasteiger partial charge < -0.3 is 19.7 Å². The summed E-state index contributed by atoms with van der Waals surface area (Å²) in [5, 5.41) is 3.61. The Morgan fingerprint density at radius 1 is 1.03 bits per heavy atom. The second-order valence-electron chi connectivity index (χ2n) is 8.26. The number of hydrogen-bond acceptors (Lipinski definition) is 6. The van der Waals surface area contributed by atoms with Gasteiger partial charge in [0.1, 0.15) is 13.2 Å². The molecule has 1 atom stereocenters. The molecule has 4 rings (SSSR count). The van der Waals surface area contributed by atoms with Crippen molar-refractivity contribution >= 4 is 17.8 Å². The van der Waals surface area contributed by atoms with Crippen molar-refractivity contribution in [3.63, 3.8) is 0 Å². The van der Waals surface area contributed by atoms with Crippen LogP contribution in [-0.2, 0) is 32.2 Å². The summed E-state index contributed by atoms with van der Waals surface area (Å²) in [6, 6.07) is 4.08. The van der Waals surface area contributed by atoms with E-state index >= 15 is 0 Å². The lowest BCUT2D eigenvalue weighted by molar-refractivity contribution is -0.136. The van der Waals surface area contributed by atoms with Gasteiger partial charge in [-0.2, -0.15) is 0 Å². The highest BCUT2D eigenvalue weighted by molar-refractivity contribution is 5.94. The van der Waals surface area contributed by atoms with Gasteiger partial charge in [-0.25, -0.2) is 9.59 Å². The van der Waals surface area contributed by atoms with E-state index in [4.69, 9.17) is 9.47 Å². The van der Waals surface area contributed by atoms with Crippen LogP contribution in [0.15, 0.2) is 23.4 Å². The second-order valence-corrected chi connectivity index (χ2v) is 8.26. The number of esters is 2. The van der Waals surface area contributed by atoms with Crippen LogP contribution >= 0.6 is 0 Å². The zero-order chi connectivity index (χ0) is 21.3. The maximum atomic E-state index is 12.8. The highest BCUT2D eigenvalue weighted by Gasteiger charge is 2.30. The van der Waals surface area contributed by atoms with Crippen LogP contribution in [0.2, 0.25) is 0 Å². The monoisotopic (exact) mass is 412 g/mol. The van der Waals surface area contributed by atoms with Crippen LogP contribution < -0.4 is 5.32 Å². The fourth-order valence-electron chi connectivity index (χ4n) is 4.44. The minimum atomic E-state index is -0.325. The van der Waals surface area contributed by atoms with Gasteiger partial charge in [-0.1, -0.05) is 12.5 Å². The molecule has 3 aliphatic heterocycles. The summed E-state index contributed by atoms with van der Waals surface area (Å²) < 4.78 is 10.2. The summed E-state index contributed by atoms with van der Waals surface area (Å²) in [5.74, 6) is -0.513. The molecule has 1 unspecified atom stereocenters. The van der Waals surface area contributed by atoms with Crippen molar-refractivity contribution in [3.05, 3.63) is 45.7 Å². The van der Waals surface area contributed by atoms with E-state index < -0.39 is 0 Å². The zero-order valence-corrected chi connectivity index (χ0v) is 17.6. The van der Waals surface area contributed by atoms with E-state index in [1.807, 2.05) is 19.1 Å². The Kier molecular flexibility index (Phi) is 5.90. The van der Waals surface area contributed by atoms with Crippen molar-refractivity contribution in [2.24, 2.45) is 0 Å². The number of ether oxygens (including phenoxy) is 2. The zero-order valence-electron chi connectivity index (χ0n) is 17.6. The Morgan fingerprint density at radius 3 is 2.60 bits per heavy atom. The number of nitrogens with one attached hydrogen (secondary N) is 1. The number of carbonyl (C=O) groups excluding carboxylic acids is 3. The first-order valence-corrected chi connectivity index (χ1v) is 10.6. The molecule has 1 aromatic rings. The minimum Gasteiger partial charge on any atom is -0.457 e. The third-order valence-corrected chi connectivity index (χ3v) is 6.46. The Morgan fingerprint density at radius 2 is 1.83 bits per heavy atom. The third-order valence-electron chi connectivity index (χ3n) is 6.46. The molecule has 3 heterocycles. The Balaban J connectivity index is 1.39. The molecule has 7 nitrogen and oxygen atoms in total. The number of carbonyl (C=O) groups is 3. The maximum absolute atomic E-state index is 12.8. The molecule has 0 aromatic heterocycles. The van der Waals surface area contributed by atoms with Crippen molar-refractivity contribution < 1.29 is 23.9 Å². The highest BCUT2D eigenvalue weighted by atomic mass is 16.5. The van der Waals surface area contributed by atoms with E-state index in [0.29, 0.717) is 37.3 Å². The van der Waals surface area contributed by atoms with Gasteiger partial charge in [-0.05, 0) is 50.3 Å². The van der Waals surface area contributed by atoms with Crippen molar-refractivity contribution in [3.8, 4) is 0 Å². The maximum Gasteiger partial charge on any atom is 0.338 e. The van der Waals surface area contributed by atoms with Crippen molar-refractivity contribution in [2.75, 3.05) is 13.2 Å². The first-order chi connectivity index (χ1) is 14.5. The fourth-order valence-corrected chi connectivity index (χ4v) is 4.44. The molecule has 160 valence electrons. The standard InChI is InChI=1S/C23H28N2O5/c1-14-16(6-8-18-19(14)12-29-23(18)28)11-24-17-5-3-4-10-25(21(26)9-7-17)20-13-30-22(27)15(20)2/h6,8,17,24H,3-5,7,9-13H2,1-2H3. The van der Waals surface area contributed by atoms with Gasteiger partial charge in [-0.15, -0.1) is 0 Å². The number of rotatable bonds is 4. The normalized spacial score (nSPS) is 22.4.